The number of nitrogens with one attached hydrogen (secondary N) is 1. The molecule has 3 rings (SSSR count). The van der Waals surface area contributed by atoms with E-state index in [0.29, 0.717) is 27.9 Å². The molecule has 0 unspecified atom stereocenters. The summed E-state index contributed by atoms with van der Waals surface area (Å²) in [5, 5.41) is 7.79. The minimum absolute atomic E-state index is 0.141. The van der Waals surface area contributed by atoms with Crippen molar-refractivity contribution in [1.82, 2.24) is 9.78 Å². The number of furan rings is 1. The number of carbonyl (C=O) groups excluding carboxylic acids is 2. The van der Waals surface area contributed by atoms with Gasteiger partial charge in [0.15, 0.2) is 5.76 Å². The number of aromatic nitrogens is 2. The average Bonchev–Trinajstić information content (AvgIpc) is 3.30. The highest BCUT2D eigenvalue weighted by atomic mass is 35.5. The summed E-state index contributed by atoms with van der Waals surface area (Å²) < 4.78 is 12.3. The Labute approximate surface area is 164 Å². The zero-order chi connectivity index (χ0) is 19.6. The summed E-state index contributed by atoms with van der Waals surface area (Å²) in [5.41, 5.74) is 1.18. The van der Waals surface area contributed by atoms with Gasteiger partial charge in [0, 0.05) is 11.1 Å². The van der Waals surface area contributed by atoms with Crippen LogP contribution in [-0.4, -0.2) is 28.3 Å². The molecule has 0 saturated heterocycles. The summed E-state index contributed by atoms with van der Waals surface area (Å²) in [5.74, 6) is -0.192. The monoisotopic (exact) mass is 407 g/mol. The zero-order valence-electron chi connectivity index (χ0n) is 15.0. The summed E-state index contributed by atoms with van der Waals surface area (Å²) in [6.45, 7) is 6.07. The second-order valence-electron chi connectivity index (χ2n) is 5.78. The van der Waals surface area contributed by atoms with Crippen LogP contribution in [0.25, 0.3) is 0 Å². The van der Waals surface area contributed by atoms with Crippen LogP contribution in [0.5, 0.6) is 0 Å². The van der Waals surface area contributed by atoms with Gasteiger partial charge in [-0.3, -0.25) is 9.48 Å². The molecule has 7 nitrogen and oxygen atoms in total. The van der Waals surface area contributed by atoms with E-state index in [4.69, 9.17) is 20.8 Å². The Balaban J connectivity index is 1.76. The molecule has 1 N–H and O–H groups in total. The second-order valence-corrected chi connectivity index (χ2v) is 7.45. The maximum absolute atomic E-state index is 12.5. The number of ether oxygens (including phenoxy) is 1. The average molecular weight is 408 g/mol. The summed E-state index contributed by atoms with van der Waals surface area (Å²) in [4.78, 5) is 25.7. The smallest absolute Gasteiger partial charge is 0.341 e. The number of esters is 1. The SMILES string of the molecule is CCOC(=O)c1c(NC(=O)c2ccc(Cn3cc(Cl)cn3)o2)sc(C)c1C. The molecule has 27 heavy (non-hydrogen) atoms. The first-order valence-electron chi connectivity index (χ1n) is 8.24. The van der Waals surface area contributed by atoms with Crippen molar-refractivity contribution in [2.45, 2.75) is 27.3 Å². The Hall–Kier alpha value is -2.58. The van der Waals surface area contributed by atoms with Gasteiger partial charge in [-0.05, 0) is 38.5 Å². The lowest BCUT2D eigenvalue weighted by Gasteiger charge is -2.06. The molecule has 0 aromatic carbocycles. The fraction of sp³-hybridized carbons (Fsp3) is 0.278. The quantitative estimate of drug-likeness (QED) is 0.616. The lowest BCUT2D eigenvalue weighted by Crippen LogP contribution is -2.14. The molecule has 9 heteroatoms. The van der Waals surface area contributed by atoms with Gasteiger partial charge >= 0.3 is 5.97 Å². The van der Waals surface area contributed by atoms with Gasteiger partial charge in [-0.25, -0.2) is 4.79 Å². The molecule has 0 spiro atoms. The summed E-state index contributed by atoms with van der Waals surface area (Å²) in [6, 6.07) is 3.27. The van der Waals surface area contributed by atoms with E-state index in [1.165, 1.54) is 17.5 Å². The molecule has 0 saturated carbocycles. The summed E-state index contributed by atoms with van der Waals surface area (Å²) >= 11 is 7.16. The van der Waals surface area contributed by atoms with Crippen LogP contribution in [0.4, 0.5) is 5.00 Å². The largest absolute Gasteiger partial charge is 0.462 e. The molecule has 142 valence electrons. The van der Waals surface area contributed by atoms with E-state index in [0.717, 1.165) is 10.4 Å². The second kappa shape index (κ2) is 7.98. The van der Waals surface area contributed by atoms with Crippen LogP contribution in [0, 0.1) is 13.8 Å². The molecule has 1 amide bonds. The molecule has 0 atom stereocenters. The van der Waals surface area contributed by atoms with Crippen molar-refractivity contribution in [1.29, 1.82) is 0 Å². The number of hydrogen-bond donors (Lipinski definition) is 1. The Morgan fingerprint density at radius 1 is 1.37 bits per heavy atom. The highest BCUT2D eigenvalue weighted by Crippen LogP contribution is 2.33. The van der Waals surface area contributed by atoms with E-state index in [1.807, 2.05) is 13.8 Å². The summed E-state index contributed by atoms with van der Waals surface area (Å²) in [6.07, 6.45) is 3.18. The maximum Gasteiger partial charge on any atom is 0.341 e. The Morgan fingerprint density at radius 2 is 2.15 bits per heavy atom. The molecular weight excluding hydrogens is 390 g/mol. The zero-order valence-corrected chi connectivity index (χ0v) is 16.6. The molecule has 0 bridgehead atoms. The van der Waals surface area contributed by atoms with Gasteiger partial charge in [0.1, 0.15) is 10.8 Å². The Kier molecular flexibility index (Phi) is 5.67. The standard InChI is InChI=1S/C18H18ClN3O4S/c1-4-25-18(24)15-10(2)11(3)27-17(15)21-16(23)14-6-5-13(26-14)9-22-8-12(19)7-20-22/h5-8H,4,9H2,1-3H3,(H,21,23). The highest BCUT2D eigenvalue weighted by Gasteiger charge is 2.23. The Morgan fingerprint density at radius 3 is 2.81 bits per heavy atom. The molecule has 3 aromatic heterocycles. The van der Waals surface area contributed by atoms with Crippen molar-refractivity contribution in [2.75, 3.05) is 11.9 Å². The van der Waals surface area contributed by atoms with E-state index in [1.54, 1.807) is 29.9 Å². The van der Waals surface area contributed by atoms with Crippen LogP contribution >= 0.6 is 22.9 Å². The Bertz CT molecular complexity index is 989. The van der Waals surface area contributed by atoms with E-state index >= 15 is 0 Å². The fourth-order valence-corrected chi connectivity index (χ4v) is 3.70. The van der Waals surface area contributed by atoms with Gasteiger partial charge in [0.05, 0.1) is 29.9 Å². The van der Waals surface area contributed by atoms with Gasteiger partial charge in [-0.1, -0.05) is 11.6 Å². The normalized spacial score (nSPS) is 10.8. The molecule has 3 heterocycles. The number of hydrogen-bond acceptors (Lipinski definition) is 6. The molecule has 0 aliphatic carbocycles. The third-order valence-corrected chi connectivity index (χ3v) is 5.21. The number of rotatable bonds is 6. The fourth-order valence-electron chi connectivity index (χ4n) is 2.50. The van der Waals surface area contributed by atoms with Gasteiger partial charge in [0.2, 0.25) is 0 Å². The predicted octanol–water partition coefficient (Wildman–Crippen LogP) is 4.29. The predicted molar refractivity (Wildman–Crippen MR) is 103 cm³/mol. The van der Waals surface area contributed by atoms with Crippen LogP contribution in [0.15, 0.2) is 28.9 Å². The lowest BCUT2D eigenvalue weighted by molar-refractivity contribution is 0.0527. The topological polar surface area (TPSA) is 86.4 Å². The number of carbonyl (C=O) groups is 2. The van der Waals surface area contributed by atoms with Gasteiger partial charge in [0.25, 0.3) is 5.91 Å². The van der Waals surface area contributed by atoms with Crippen molar-refractivity contribution >= 4 is 39.8 Å². The van der Waals surface area contributed by atoms with Gasteiger partial charge < -0.3 is 14.5 Å². The highest BCUT2D eigenvalue weighted by molar-refractivity contribution is 7.16. The summed E-state index contributed by atoms with van der Waals surface area (Å²) in [7, 11) is 0. The third-order valence-electron chi connectivity index (χ3n) is 3.90. The van der Waals surface area contributed by atoms with E-state index in [-0.39, 0.29) is 12.4 Å². The van der Waals surface area contributed by atoms with Crippen molar-refractivity contribution in [3.05, 3.63) is 57.1 Å². The molecular formula is C18H18ClN3O4S. The van der Waals surface area contributed by atoms with Crippen LogP contribution in [0.1, 0.15) is 44.0 Å². The van der Waals surface area contributed by atoms with E-state index in [9.17, 15) is 9.59 Å². The van der Waals surface area contributed by atoms with Crippen molar-refractivity contribution in [3.8, 4) is 0 Å². The number of anilines is 1. The first kappa shape index (κ1) is 19.2. The van der Waals surface area contributed by atoms with E-state index in [2.05, 4.69) is 10.4 Å². The van der Waals surface area contributed by atoms with Crippen LogP contribution in [-0.2, 0) is 11.3 Å². The molecule has 3 aromatic rings. The van der Waals surface area contributed by atoms with Crippen molar-refractivity contribution in [3.63, 3.8) is 0 Å². The number of thiophene rings is 1. The number of halogens is 1. The molecule has 0 aliphatic rings. The number of nitrogens with zero attached hydrogens (tertiary/aromatic N) is 2. The minimum Gasteiger partial charge on any atom is -0.462 e. The minimum atomic E-state index is -0.453. The van der Waals surface area contributed by atoms with Crippen molar-refractivity contribution in [2.24, 2.45) is 0 Å². The van der Waals surface area contributed by atoms with Crippen LogP contribution in [0.3, 0.4) is 0 Å². The van der Waals surface area contributed by atoms with E-state index < -0.39 is 11.9 Å². The molecule has 0 aliphatic heterocycles. The number of aryl methyl sites for hydroxylation is 1. The molecule has 0 radical (unpaired) electrons. The number of amides is 1. The molecule has 0 fully saturated rings. The first-order chi connectivity index (χ1) is 12.9. The third kappa shape index (κ3) is 4.23. The lowest BCUT2D eigenvalue weighted by atomic mass is 10.1. The first-order valence-corrected chi connectivity index (χ1v) is 9.43. The van der Waals surface area contributed by atoms with Crippen LogP contribution in [0.2, 0.25) is 5.02 Å². The van der Waals surface area contributed by atoms with Crippen LogP contribution < -0.4 is 5.32 Å². The van der Waals surface area contributed by atoms with Gasteiger partial charge in [-0.15, -0.1) is 11.3 Å². The van der Waals surface area contributed by atoms with Gasteiger partial charge in [-0.2, -0.15) is 5.10 Å². The maximum atomic E-state index is 12.5. The van der Waals surface area contributed by atoms with Crippen molar-refractivity contribution < 1.29 is 18.7 Å².